The maximum atomic E-state index is 10.3. The molecule has 0 radical (unpaired) electrons. The minimum absolute atomic E-state index is 0.0132. The van der Waals surface area contributed by atoms with Crippen LogP contribution in [0.4, 0.5) is 0 Å². The fourth-order valence-electron chi connectivity index (χ4n) is 3.38. The molecule has 2 N–H and O–H groups in total. The van der Waals surface area contributed by atoms with Crippen molar-refractivity contribution in [2.45, 2.75) is 85.8 Å². The Bertz CT molecular complexity index is 550. The summed E-state index contributed by atoms with van der Waals surface area (Å²) in [5.74, 6) is 0.867. The van der Waals surface area contributed by atoms with Gasteiger partial charge in [0, 0.05) is 12.1 Å². The highest BCUT2D eigenvalue weighted by atomic mass is 16.5. The Balaban J connectivity index is 2.62. The van der Waals surface area contributed by atoms with Crippen molar-refractivity contribution in [3.8, 4) is 5.75 Å². The molecule has 0 aromatic heterocycles. The molecule has 0 aliphatic rings. The first-order valence-electron chi connectivity index (χ1n) is 9.37. The molecule has 0 unspecified atom stereocenters. The number of β-amino-alcohol motifs (C(OH)–C–C–N with tert-alkyl or cyclic N) is 1. The van der Waals surface area contributed by atoms with E-state index in [2.05, 4.69) is 79.8 Å². The Kier molecular flexibility index (Phi) is 7.12. The first kappa shape index (κ1) is 22.0. The molecule has 1 rings (SSSR count). The molecular weight excluding hydrogens is 310 g/mol. The van der Waals surface area contributed by atoms with Crippen LogP contribution in [-0.4, -0.2) is 29.9 Å². The second-order valence-electron chi connectivity index (χ2n) is 10.2. The van der Waals surface area contributed by atoms with Crippen molar-refractivity contribution in [1.82, 2.24) is 5.32 Å². The number of hydrogen-bond acceptors (Lipinski definition) is 3. The number of rotatable bonds is 7. The summed E-state index contributed by atoms with van der Waals surface area (Å²) in [4.78, 5) is 0. The minimum Gasteiger partial charge on any atom is -0.491 e. The van der Waals surface area contributed by atoms with Gasteiger partial charge in [-0.05, 0) is 49.7 Å². The molecular formula is C22H39NO2. The highest BCUT2D eigenvalue weighted by molar-refractivity contribution is 5.41. The number of nitrogens with one attached hydrogen (secondary N) is 1. The van der Waals surface area contributed by atoms with Crippen LogP contribution in [0.5, 0.6) is 5.75 Å². The molecule has 0 amide bonds. The number of ether oxygens (including phenoxy) is 1. The molecule has 0 bridgehead atoms. The number of aryl methyl sites for hydroxylation is 1. The molecule has 0 saturated heterocycles. The van der Waals surface area contributed by atoms with Crippen molar-refractivity contribution in [3.05, 3.63) is 29.3 Å². The van der Waals surface area contributed by atoms with Crippen molar-refractivity contribution in [1.29, 1.82) is 0 Å². The van der Waals surface area contributed by atoms with Crippen LogP contribution >= 0.6 is 0 Å². The summed E-state index contributed by atoms with van der Waals surface area (Å²) < 4.78 is 5.96. The molecule has 0 aliphatic heterocycles. The van der Waals surface area contributed by atoms with Gasteiger partial charge >= 0.3 is 0 Å². The Morgan fingerprint density at radius 1 is 1.04 bits per heavy atom. The van der Waals surface area contributed by atoms with Gasteiger partial charge in [-0.3, -0.25) is 0 Å². The van der Waals surface area contributed by atoms with Gasteiger partial charge < -0.3 is 15.2 Å². The highest BCUT2D eigenvalue weighted by Gasteiger charge is 2.26. The van der Waals surface area contributed by atoms with Crippen molar-refractivity contribution in [2.75, 3.05) is 13.2 Å². The highest BCUT2D eigenvalue weighted by Crippen LogP contribution is 2.32. The summed E-state index contributed by atoms with van der Waals surface area (Å²) >= 11 is 0. The summed E-state index contributed by atoms with van der Waals surface area (Å²) in [7, 11) is 0. The van der Waals surface area contributed by atoms with E-state index < -0.39 is 6.10 Å². The zero-order valence-corrected chi connectivity index (χ0v) is 17.8. The van der Waals surface area contributed by atoms with Gasteiger partial charge in [-0.15, -0.1) is 0 Å². The predicted octanol–water partition coefficient (Wildman–Crippen LogP) is 4.84. The zero-order valence-electron chi connectivity index (χ0n) is 17.8. The normalized spacial score (nSPS) is 14.5. The standard InChI is InChI=1S/C22H39NO2/c1-16-10-11-19(18(12-16)21(5,6)7)25-14-17(24)13-23-22(8,9)15-20(2,3)4/h10-12,17,23-24H,13-15H2,1-9H3/t17-/m1/s1. The van der Waals surface area contributed by atoms with E-state index >= 15 is 0 Å². The van der Waals surface area contributed by atoms with Gasteiger partial charge in [0.25, 0.3) is 0 Å². The minimum atomic E-state index is -0.534. The van der Waals surface area contributed by atoms with Crippen LogP contribution in [0, 0.1) is 12.3 Å². The SMILES string of the molecule is Cc1ccc(OC[C@H](O)CNC(C)(C)CC(C)(C)C)c(C(C)(C)C)c1. The van der Waals surface area contributed by atoms with E-state index in [9.17, 15) is 5.11 Å². The molecule has 25 heavy (non-hydrogen) atoms. The number of aliphatic hydroxyl groups is 1. The third-order valence-electron chi connectivity index (χ3n) is 4.16. The van der Waals surface area contributed by atoms with Gasteiger partial charge in [-0.2, -0.15) is 0 Å². The molecule has 3 heteroatoms. The summed E-state index contributed by atoms with van der Waals surface area (Å²) in [6, 6.07) is 6.24. The maximum Gasteiger partial charge on any atom is 0.123 e. The van der Waals surface area contributed by atoms with E-state index in [1.165, 1.54) is 11.1 Å². The van der Waals surface area contributed by atoms with Gasteiger partial charge in [0.05, 0.1) is 0 Å². The lowest BCUT2D eigenvalue weighted by molar-refractivity contribution is 0.0935. The second kappa shape index (κ2) is 8.09. The van der Waals surface area contributed by atoms with Gasteiger partial charge in [0.1, 0.15) is 18.5 Å². The third kappa shape index (κ3) is 8.24. The molecule has 0 saturated carbocycles. The average Bonchev–Trinajstić information content (AvgIpc) is 2.40. The van der Waals surface area contributed by atoms with Gasteiger partial charge in [0.15, 0.2) is 0 Å². The third-order valence-corrected chi connectivity index (χ3v) is 4.16. The van der Waals surface area contributed by atoms with Crippen LogP contribution in [0.25, 0.3) is 0 Å². The average molecular weight is 350 g/mol. The summed E-state index contributed by atoms with van der Waals surface area (Å²) in [5, 5.41) is 13.8. The number of hydrogen-bond donors (Lipinski definition) is 2. The van der Waals surface area contributed by atoms with Gasteiger partial charge in [0.2, 0.25) is 0 Å². The van der Waals surface area contributed by atoms with Crippen LogP contribution in [0.2, 0.25) is 0 Å². The lowest BCUT2D eigenvalue weighted by Gasteiger charge is -2.34. The molecule has 1 aromatic rings. The van der Waals surface area contributed by atoms with Crippen molar-refractivity contribution < 1.29 is 9.84 Å². The fourth-order valence-corrected chi connectivity index (χ4v) is 3.38. The first-order chi connectivity index (χ1) is 11.2. The Morgan fingerprint density at radius 3 is 2.16 bits per heavy atom. The molecule has 1 atom stereocenters. The molecule has 0 aliphatic carbocycles. The van der Waals surface area contributed by atoms with E-state index in [1.807, 2.05) is 6.07 Å². The quantitative estimate of drug-likeness (QED) is 0.740. The van der Waals surface area contributed by atoms with Crippen LogP contribution in [-0.2, 0) is 5.41 Å². The topological polar surface area (TPSA) is 41.5 Å². The second-order valence-corrected chi connectivity index (χ2v) is 10.2. The monoisotopic (exact) mass is 349 g/mol. The largest absolute Gasteiger partial charge is 0.491 e. The molecule has 3 nitrogen and oxygen atoms in total. The van der Waals surface area contributed by atoms with Crippen LogP contribution in [0.15, 0.2) is 18.2 Å². The van der Waals surface area contributed by atoms with E-state index in [-0.39, 0.29) is 16.4 Å². The van der Waals surface area contributed by atoms with Crippen LogP contribution < -0.4 is 10.1 Å². The van der Waals surface area contributed by atoms with Crippen LogP contribution in [0.1, 0.15) is 72.9 Å². The summed E-state index contributed by atoms with van der Waals surface area (Å²) in [6.45, 7) is 20.5. The van der Waals surface area contributed by atoms with E-state index in [4.69, 9.17) is 4.74 Å². The molecule has 0 fully saturated rings. The van der Waals surface area contributed by atoms with Gasteiger partial charge in [-0.1, -0.05) is 59.2 Å². The lowest BCUT2D eigenvalue weighted by atomic mass is 9.82. The molecule has 0 heterocycles. The number of benzene rings is 1. The van der Waals surface area contributed by atoms with E-state index in [0.717, 1.165) is 12.2 Å². The molecule has 0 spiro atoms. The lowest BCUT2D eigenvalue weighted by Crippen LogP contribution is -2.46. The predicted molar refractivity (Wildman–Crippen MR) is 108 cm³/mol. The molecule has 1 aromatic carbocycles. The van der Waals surface area contributed by atoms with Gasteiger partial charge in [-0.25, -0.2) is 0 Å². The van der Waals surface area contributed by atoms with Crippen LogP contribution in [0.3, 0.4) is 0 Å². The molecule has 144 valence electrons. The van der Waals surface area contributed by atoms with Crippen molar-refractivity contribution >= 4 is 0 Å². The fraction of sp³-hybridized carbons (Fsp3) is 0.727. The van der Waals surface area contributed by atoms with Crippen molar-refractivity contribution in [2.24, 2.45) is 5.41 Å². The summed E-state index contributed by atoms with van der Waals surface area (Å²) in [5.41, 5.74) is 2.66. The van der Waals surface area contributed by atoms with Crippen molar-refractivity contribution in [3.63, 3.8) is 0 Å². The number of aliphatic hydroxyl groups excluding tert-OH is 1. The maximum absolute atomic E-state index is 10.3. The smallest absolute Gasteiger partial charge is 0.123 e. The van der Waals surface area contributed by atoms with E-state index in [0.29, 0.717) is 13.2 Å². The first-order valence-corrected chi connectivity index (χ1v) is 9.37. The summed E-state index contributed by atoms with van der Waals surface area (Å²) in [6.07, 6.45) is 0.507. The Labute approximate surface area is 155 Å². The Hall–Kier alpha value is -1.06. The zero-order chi connectivity index (χ0) is 19.5. The van der Waals surface area contributed by atoms with E-state index in [1.54, 1.807) is 0 Å². The Morgan fingerprint density at radius 2 is 1.64 bits per heavy atom.